The van der Waals surface area contributed by atoms with Gasteiger partial charge >= 0.3 is 0 Å². The van der Waals surface area contributed by atoms with Crippen LogP contribution >= 0.6 is 0 Å². The van der Waals surface area contributed by atoms with Gasteiger partial charge in [-0.15, -0.1) is 0 Å². The zero-order valence-corrected chi connectivity index (χ0v) is 14.0. The van der Waals surface area contributed by atoms with Crippen molar-refractivity contribution in [1.29, 1.82) is 0 Å². The molecule has 1 saturated heterocycles. The highest BCUT2D eigenvalue weighted by Gasteiger charge is 2.28. The molecule has 1 fully saturated rings. The van der Waals surface area contributed by atoms with Crippen molar-refractivity contribution in [2.75, 3.05) is 32.1 Å². The highest BCUT2D eigenvalue weighted by Crippen LogP contribution is 2.30. The molecule has 0 aliphatic carbocycles. The Morgan fingerprint density at radius 2 is 2.04 bits per heavy atom. The molecule has 4 heteroatoms. The number of likely N-dealkylation sites (tertiary alicyclic amines) is 1. The number of carbonyl (C=O) groups is 1. The number of pyridine rings is 1. The SMILES string of the molecule is Cc1ccccc1C1CCN(C(=O)c2ccnc(N(C)C)c2)C1. The number of aromatic nitrogens is 1. The van der Waals surface area contributed by atoms with Gasteiger partial charge in [0.25, 0.3) is 5.91 Å². The summed E-state index contributed by atoms with van der Waals surface area (Å²) in [5.41, 5.74) is 3.39. The number of amides is 1. The van der Waals surface area contributed by atoms with Crippen molar-refractivity contribution in [3.63, 3.8) is 0 Å². The highest BCUT2D eigenvalue weighted by molar-refractivity contribution is 5.95. The summed E-state index contributed by atoms with van der Waals surface area (Å²) in [5.74, 6) is 1.35. The average Bonchev–Trinajstić information content (AvgIpc) is 3.04. The Bertz CT molecular complexity index is 711. The zero-order chi connectivity index (χ0) is 16.4. The molecule has 2 aromatic rings. The fourth-order valence-electron chi connectivity index (χ4n) is 3.22. The van der Waals surface area contributed by atoms with Gasteiger partial charge in [-0.3, -0.25) is 4.79 Å². The molecule has 0 radical (unpaired) electrons. The maximum Gasteiger partial charge on any atom is 0.254 e. The molecule has 3 rings (SSSR count). The van der Waals surface area contributed by atoms with Crippen molar-refractivity contribution in [2.45, 2.75) is 19.3 Å². The summed E-state index contributed by atoms with van der Waals surface area (Å²) in [5, 5.41) is 0. The van der Waals surface area contributed by atoms with E-state index < -0.39 is 0 Å². The van der Waals surface area contributed by atoms with Gasteiger partial charge in [0.05, 0.1) is 0 Å². The molecule has 1 aliphatic heterocycles. The van der Waals surface area contributed by atoms with Crippen LogP contribution in [0.5, 0.6) is 0 Å². The molecule has 0 N–H and O–H groups in total. The Labute approximate surface area is 137 Å². The van der Waals surface area contributed by atoms with E-state index in [9.17, 15) is 4.79 Å². The molecule has 4 nitrogen and oxygen atoms in total. The lowest BCUT2D eigenvalue weighted by Gasteiger charge is -2.19. The third kappa shape index (κ3) is 3.21. The van der Waals surface area contributed by atoms with Crippen molar-refractivity contribution in [2.24, 2.45) is 0 Å². The number of hydrogen-bond acceptors (Lipinski definition) is 3. The summed E-state index contributed by atoms with van der Waals surface area (Å²) in [6, 6.07) is 12.1. The number of nitrogens with zero attached hydrogens (tertiary/aromatic N) is 3. The standard InChI is InChI=1S/C19H23N3O/c1-14-6-4-5-7-17(14)16-9-11-22(13-16)19(23)15-8-10-20-18(12-15)21(2)3/h4-8,10,12,16H,9,11,13H2,1-3H3. The van der Waals surface area contributed by atoms with Gasteiger partial charge < -0.3 is 9.80 Å². The molecule has 2 heterocycles. The summed E-state index contributed by atoms with van der Waals surface area (Å²) >= 11 is 0. The molecule has 0 bridgehead atoms. The molecule has 1 aromatic heterocycles. The van der Waals surface area contributed by atoms with Crippen LogP contribution in [0.1, 0.15) is 33.8 Å². The van der Waals surface area contributed by atoms with Crippen LogP contribution in [0, 0.1) is 6.92 Å². The molecule has 1 aromatic carbocycles. The predicted octanol–water partition coefficient (Wildman–Crippen LogP) is 3.09. The molecular weight excluding hydrogens is 286 g/mol. The van der Waals surface area contributed by atoms with Gasteiger partial charge in [-0.1, -0.05) is 24.3 Å². The lowest BCUT2D eigenvalue weighted by molar-refractivity contribution is 0.0790. The Balaban J connectivity index is 1.75. The van der Waals surface area contributed by atoms with Crippen LogP contribution < -0.4 is 4.90 Å². The first kappa shape index (κ1) is 15.5. The molecular formula is C19H23N3O. The molecule has 1 aliphatic rings. The van der Waals surface area contributed by atoms with E-state index in [1.54, 1.807) is 12.3 Å². The fraction of sp³-hybridized carbons (Fsp3) is 0.368. The molecule has 1 unspecified atom stereocenters. The Hall–Kier alpha value is -2.36. The smallest absolute Gasteiger partial charge is 0.254 e. The van der Waals surface area contributed by atoms with E-state index in [2.05, 4.69) is 36.2 Å². The van der Waals surface area contributed by atoms with Crippen LogP contribution in [0.3, 0.4) is 0 Å². The molecule has 0 saturated carbocycles. The summed E-state index contributed by atoms with van der Waals surface area (Å²) in [4.78, 5) is 20.9. The van der Waals surface area contributed by atoms with E-state index in [0.29, 0.717) is 11.5 Å². The third-order valence-corrected chi connectivity index (χ3v) is 4.55. The van der Waals surface area contributed by atoms with Crippen molar-refractivity contribution < 1.29 is 4.79 Å². The van der Waals surface area contributed by atoms with Crippen LogP contribution in [0.15, 0.2) is 42.6 Å². The minimum Gasteiger partial charge on any atom is -0.363 e. The van der Waals surface area contributed by atoms with Crippen molar-refractivity contribution in [1.82, 2.24) is 9.88 Å². The van der Waals surface area contributed by atoms with Crippen LogP contribution in [0.2, 0.25) is 0 Å². The first-order valence-corrected chi connectivity index (χ1v) is 8.04. The van der Waals surface area contributed by atoms with Gasteiger partial charge in [-0.25, -0.2) is 4.98 Å². The topological polar surface area (TPSA) is 36.4 Å². The largest absolute Gasteiger partial charge is 0.363 e. The van der Waals surface area contributed by atoms with Crippen LogP contribution in [-0.4, -0.2) is 43.0 Å². The lowest BCUT2D eigenvalue weighted by Crippen LogP contribution is -2.28. The Morgan fingerprint density at radius 3 is 2.78 bits per heavy atom. The molecule has 0 spiro atoms. The highest BCUT2D eigenvalue weighted by atomic mass is 16.2. The van der Waals surface area contributed by atoms with E-state index in [0.717, 1.165) is 25.3 Å². The minimum atomic E-state index is 0.103. The van der Waals surface area contributed by atoms with Crippen LogP contribution in [0.25, 0.3) is 0 Å². The van der Waals surface area contributed by atoms with Gasteiger partial charge in [-0.05, 0) is 36.6 Å². The second-order valence-electron chi connectivity index (χ2n) is 6.39. The maximum atomic E-state index is 12.8. The van der Waals surface area contributed by atoms with E-state index in [4.69, 9.17) is 0 Å². The quantitative estimate of drug-likeness (QED) is 0.874. The van der Waals surface area contributed by atoms with Crippen molar-refractivity contribution in [3.05, 3.63) is 59.3 Å². The third-order valence-electron chi connectivity index (χ3n) is 4.55. The monoisotopic (exact) mass is 309 g/mol. The van der Waals surface area contributed by atoms with Gasteiger partial charge in [0.2, 0.25) is 0 Å². The number of aryl methyl sites for hydroxylation is 1. The van der Waals surface area contributed by atoms with Gasteiger partial charge in [-0.2, -0.15) is 0 Å². The number of hydrogen-bond donors (Lipinski definition) is 0. The van der Waals surface area contributed by atoms with Gasteiger partial charge in [0.1, 0.15) is 5.82 Å². The van der Waals surface area contributed by atoms with Crippen LogP contribution in [0.4, 0.5) is 5.82 Å². The second-order valence-corrected chi connectivity index (χ2v) is 6.39. The summed E-state index contributed by atoms with van der Waals surface area (Å²) < 4.78 is 0. The van der Waals surface area contributed by atoms with E-state index in [-0.39, 0.29) is 5.91 Å². The normalized spacial score (nSPS) is 17.3. The molecule has 1 atom stereocenters. The molecule has 120 valence electrons. The van der Waals surface area contributed by atoms with Crippen molar-refractivity contribution >= 4 is 11.7 Å². The van der Waals surface area contributed by atoms with Gasteiger partial charge in [0.15, 0.2) is 0 Å². The van der Waals surface area contributed by atoms with E-state index in [1.807, 2.05) is 30.0 Å². The second kappa shape index (κ2) is 6.41. The Morgan fingerprint density at radius 1 is 1.26 bits per heavy atom. The van der Waals surface area contributed by atoms with Gasteiger partial charge in [0, 0.05) is 44.9 Å². The zero-order valence-electron chi connectivity index (χ0n) is 14.0. The van der Waals surface area contributed by atoms with Crippen LogP contribution in [-0.2, 0) is 0 Å². The molecule has 1 amide bonds. The summed E-state index contributed by atoms with van der Waals surface area (Å²) in [6.45, 7) is 3.76. The first-order valence-electron chi connectivity index (χ1n) is 8.04. The summed E-state index contributed by atoms with van der Waals surface area (Å²) in [6.07, 6.45) is 2.74. The molecule has 23 heavy (non-hydrogen) atoms. The number of rotatable bonds is 3. The summed E-state index contributed by atoms with van der Waals surface area (Å²) in [7, 11) is 3.86. The first-order chi connectivity index (χ1) is 11.1. The maximum absolute atomic E-state index is 12.8. The number of benzene rings is 1. The van der Waals surface area contributed by atoms with E-state index >= 15 is 0 Å². The predicted molar refractivity (Wildman–Crippen MR) is 93.0 cm³/mol. The van der Waals surface area contributed by atoms with Crippen molar-refractivity contribution in [3.8, 4) is 0 Å². The fourth-order valence-corrected chi connectivity index (χ4v) is 3.22. The number of anilines is 1. The number of carbonyl (C=O) groups excluding carboxylic acids is 1. The minimum absolute atomic E-state index is 0.103. The van der Waals surface area contributed by atoms with E-state index in [1.165, 1.54) is 11.1 Å². The average molecular weight is 309 g/mol. The Kier molecular flexibility index (Phi) is 4.33. The lowest BCUT2D eigenvalue weighted by atomic mass is 9.94.